The number of anilines is 1. The van der Waals surface area contributed by atoms with Crippen LogP contribution in [0.4, 0.5) is 5.69 Å². The molecule has 8 nitrogen and oxygen atoms in total. The van der Waals surface area contributed by atoms with Gasteiger partial charge in [0, 0.05) is 42.8 Å². The number of hydrogen-bond acceptors (Lipinski definition) is 5. The Morgan fingerprint density at radius 2 is 1.78 bits per heavy atom. The summed E-state index contributed by atoms with van der Waals surface area (Å²) in [6, 6.07) is 14.7. The molecule has 1 aliphatic heterocycles. The molecule has 32 heavy (non-hydrogen) atoms. The van der Waals surface area contributed by atoms with Crippen LogP contribution in [0.5, 0.6) is 0 Å². The van der Waals surface area contributed by atoms with Gasteiger partial charge >= 0.3 is 5.97 Å². The van der Waals surface area contributed by atoms with Gasteiger partial charge in [0.1, 0.15) is 5.69 Å². The first kappa shape index (κ1) is 21.6. The van der Waals surface area contributed by atoms with Crippen molar-refractivity contribution in [2.45, 2.75) is 6.92 Å². The van der Waals surface area contributed by atoms with Gasteiger partial charge in [0.25, 0.3) is 5.91 Å². The molecule has 3 aromatic rings. The summed E-state index contributed by atoms with van der Waals surface area (Å²) in [7, 11) is 1.32. The summed E-state index contributed by atoms with van der Waals surface area (Å²) in [5, 5.41) is 3.89. The first-order valence-corrected chi connectivity index (χ1v) is 10.5. The number of carbonyl (C=O) groups excluding carboxylic acids is 3. The predicted octanol–water partition coefficient (Wildman–Crippen LogP) is 2.66. The molecule has 0 spiro atoms. The monoisotopic (exact) mass is 434 g/mol. The molecule has 2 aromatic carbocycles. The first-order valence-electron chi connectivity index (χ1n) is 10.5. The smallest absolute Gasteiger partial charge is 0.337 e. The number of methoxy groups -OCH3 is 1. The van der Waals surface area contributed by atoms with Crippen LogP contribution < -0.4 is 5.32 Å². The minimum Gasteiger partial charge on any atom is -0.465 e. The zero-order chi connectivity index (χ0) is 22.7. The molecule has 8 heteroatoms. The molecule has 2 N–H and O–H groups in total. The Balaban J connectivity index is 1.31. The number of piperazine rings is 1. The zero-order valence-corrected chi connectivity index (χ0v) is 18.2. The number of para-hydroxylation sites is 1. The van der Waals surface area contributed by atoms with E-state index in [1.165, 1.54) is 7.11 Å². The van der Waals surface area contributed by atoms with Crippen LogP contribution in [0.3, 0.4) is 0 Å². The van der Waals surface area contributed by atoms with Gasteiger partial charge in [0.2, 0.25) is 5.91 Å². The molecule has 0 radical (unpaired) electrons. The second-order valence-electron chi connectivity index (χ2n) is 7.91. The van der Waals surface area contributed by atoms with Gasteiger partial charge in [-0.05, 0) is 36.8 Å². The van der Waals surface area contributed by atoms with Crippen molar-refractivity contribution in [1.82, 2.24) is 14.8 Å². The topological polar surface area (TPSA) is 94.7 Å². The summed E-state index contributed by atoms with van der Waals surface area (Å²) in [5.41, 5.74) is 3.36. The Morgan fingerprint density at radius 1 is 1.03 bits per heavy atom. The highest BCUT2D eigenvalue weighted by Crippen LogP contribution is 2.19. The van der Waals surface area contributed by atoms with Gasteiger partial charge in [-0.2, -0.15) is 0 Å². The highest BCUT2D eigenvalue weighted by atomic mass is 16.5. The van der Waals surface area contributed by atoms with Crippen LogP contribution in [0.25, 0.3) is 10.9 Å². The molecule has 0 atom stereocenters. The molecule has 1 aromatic heterocycles. The number of aryl methyl sites for hydroxylation is 1. The third kappa shape index (κ3) is 4.65. The molecule has 1 aliphatic rings. The number of aromatic amines is 1. The van der Waals surface area contributed by atoms with Crippen LogP contribution in [-0.2, 0) is 9.53 Å². The van der Waals surface area contributed by atoms with Crippen LogP contribution in [0.2, 0.25) is 0 Å². The fraction of sp³-hybridized carbons (Fsp3) is 0.292. The summed E-state index contributed by atoms with van der Waals surface area (Å²) in [6.07, 6.45) is 0. The second kappa shape index (κ2) is 9.23. The van der Waals surface area contributed by atoms with Crippen LogP contribution >= 0.6 is 0 Å². The third-order valence-electron chi connectivity index (χ3n) is 5.72. The number of benzene rings is 2. The summed E-state index contributed by atoms with van der Waals surface area (Å²) < 4.78 is 4.74. The van der Waals surface area contributed by atoms with E-state index in [1.807, 2.05) is 47.1 Å². The van der Waals surface area contributed by atoms with Crippen LogP contribution in [0.15, 0.2) is 48.5 Å². The van der Waals surface area contributed by atoms with E-state index in [9.17, 15) is 14.4 Å². The normalized spacial score (nSPS) is 14.4. The molecule has 1 fully saturated rings. The molecule has 0 unspecified atom stereocenters. The van der Waals surface area contributed by atoms with Crippen LogP contribution in [-0.4, -0.2) is 72.4 Å². The van der Waals surface area contributed by atoms with E-state index >= 15 is 0 Å². The average molecular weight is 434 g/mol. The Hall–Kier alpha value is -3.65. The van der Waals surface area contributed by atoms with Crippen LogP contribution in [0.1, 0.15) is 26.4 Å². The Bertz CT molecular complexity index is 1130. The fourth-order valence-corrected chi connectivity index (χ4v) is 3.86. The number of H-pyrrole nitrogens is 1. The minimum absolute atomic E-state index is 0.0273. The third-order valence-corrected chi connectivity index (χ3v) is 5.72. The maximum absolute atomic E-state index is 12.8. The van der Waals surface area contributed by atoms with Crippen molar-refractivity contribution < 1.29 is 19.1 Å². The van der Waals surface area contributed by atoms with E-state index in [1.54, 1.807) is 18.2 Å². The van der Waals surface area contributed by atoms with Gasteiger partial charge < -0.3 is 19.9 Å². The van der Waals surface area contributed by atoms with Crippen molar-refractivity contribution in [3.05, 3.63) is 65.4 Å². The number of ether oxygens (including phenoxy) is 1. The van der Waals surface area contributed by atoms with Gasteiger partial charge in [-0.1, -0.05) is 24.3 Å². The van der Waals surface area contributed by atoms with Gasteiger partial charge in [-0.25, -0.2) is 4.79 Å². The number of fused-ring (bicyclic) bond motifs is 1. The summed E-state index contributed by atoms with van der Waals surface area (Å²) in [4.78, 5) is 44.2. The fourth-order valence-electron chi connectivity index (χ4n) is 3.86. The summed E-state index contributed by atoms with van der Waals surface area (Å²) in [5.74, 6) is -0.637. The Morgan fingerprint density at radius 3 is 2.50 bits per heavy atom. The van der Waals surface area contributed by atoms with Crippen molar-refractivity contribution >= 4 is 34.4 Å². The van der Waals surface area contributed by atoms with E-state index in [-0.39, 0.29) is 18.4 Å². The van der Waals surface area contributed by atoms with E-state index in [2.05, 4.69) is 10.3 Å². The summed E-state index contributed by atoms with van der Waals surface area (Å²) >= 11 is 0. The number of aromatic nitrogens is 1. The van der Waals surface area contributed by atoms with Gasteiger partial charge in [0.15, 0.2) is 0 Å². The standard InChI is InChI=1S/C24H26N4O4/c1-16-7-8-18(24(31)32-2)14-20(16)26-22(29)15-27-9-11-28(12-10-27)23(30)21-13-17-5-3-4-6-19(17)25-21/h3-8,13-14,25H,9-12,15H2,1-2H3,(H,26,29). The number of nitrogens with zero attached hydrogens (tertiary/aromatic N) is 2. The number of carbonyl (C=O) groups is 3. The maximum Gasteiger partial charge on any atom is 0.337 e. The molecule has 0 saturated carbocycles. The lowest BCUT2D eigenvalue weighted by atomic mass is 10.1. The molecule has 2 heterocycles. The molecule has 0 bridgehead atoms. The van der Waals surface area contributed by atoms with Crippen molar-refractivity contribution in [2.24, 2.45) is 0 Å². The van der Waals surface area contributed by atoms with Gasteiger partial charge in [0.05, 0.1) is 19.2 Å². The number of hydrogen-bond donors (Lipinski definition) is 2. The molecule has 0 aliphatic carbocycles. The van der Waals surface area contributed by atoms with Crippen molar-refractivity contribution in [2.75, 3.05) is 45.2 Å². The molecule has 166 valence electrons. The average Bonchev–Trinajstić information content (AvgIpc) is 3.24. The van der Waals surface area contributed by atoms with E-state index in [4.69, 9.17) is 4.74 Å². The molecule has 1 saturated heterocycles. The lowest BCUT2D eigenvalue weighted by molar-refractivity contribution is -0.117. The lowest BCUT2D eigenvalue weighted by Gasteiger charge is -2.34. The molecular weight excluding hydrogens is 408 g/mol. The SMILES string of the molecule is COC(=O)c1ccc(C)c(NC(=O)CN2CCN(C(=O)c3cc4ccccc4[nH]3)CC2)c1. The quantitative estimate of drug-likeness (QED) is 0.602. The minimum atomic E-state index is -0.448. The van der Waals surface area contributed by atoms with Gasteiger partial charge in [-0.3, -0.25) is 14.5 Å². The zero-order valence-electron chi connectivity index (χ0n) is 18.2. The second-order valence-corrected chi connectivity index (χ2v) is 7.91. The molecule has 2 amide bonds. The van der Waals surface area contributed by atoms with E-state index in [0.717, 1.165) is 16.5 Å². The maximum atomic E-state index is 12.8. The summed E-state index contributed by atoms with van der Waals surface area (Å²) in [6.45, 7) is 4.42. The first-order chi connectivity index (χ1) is 15.4. The van der Waals surface area contributed by atoms with Crippen molar-refractivity contribution in [1.29, 1.82) is 0 Å². The number of nitrogens with one attached hydrogen (secondary N) is 2. The molecular formula is C24H26N4O4. The van der Waals surface area contributed by atoms with Gasteiger partial charge in [-0.15, -0.1) is 0 Å². The van der Waals surface area contributed by atoms with Crippen LogP contribution in [0, 0.1) is 6.92 Å². The van der Waals surface area contributed by atoms with E-state index < -0.39 is 5.97 Å². The predicted molar refractivity (Wildman–Crippen MR) is 122 cm³/mol. The van der Waals surface area contributed by atoms with Crippen molar-refractivity contribution in [3.8, 4) is 0 Å². The highest BCUT2D eigenvalue weighted by molar-refractivity contribution is 5.98. The Kier molecular flexibility index (Phi) is 6.23. The Labute approximate surface area is 186 Å². The van der Waals surface area contributed by atoms with E-state index in [0.29, 0.717) is 43.1 Å². The number of amides is 2. The lowest BCUT2D eigenvalue weighted by Crippen LogP contribution is -2.50. The molecule has 4 rings (SSSR count). The number of esters is 1. The number of rotatable bonds is 5. The van der Waals surface area contributed by atoms with Crippen molar-refractivity contribution in [3.63, 3.8) is 0 Å². The largest absolute Gasteiger partial charge is 0.465 e. The highest BCUT2D eigenvalue weighted by Gasteiger charge is 2.24.